The molecule has 0 radical (unpaired) electrons. The number of ketones is 1. The largest absolute Gasteiger partial charge is 0.497 e. The van der Waals surface area contributed by atoms with Gasteiger partial charge in [0.05, 0.1) is 35.4 Å². The predicted molar refractivity (Wildman–Crippen MR) is 137 cm³/mol. The number of hydrogen-bond donors (Lipinski definition) is 2. The van der Waals surface area contributed by atoms with Crippen LogP contribution in [0.25, 0.3) is 0 Å². The van der Waals surface area contributed by atoms with Gasteiger partial charge in [-0.3, -0.25) is 9.59 Å². The van der Waals surface area contributed by atoms with E-state index in [0.29, 0.717) is 17.0 Å². The fourth-order valence-corrected chi connectivity index (χ4v) is 5.99. The summed E-state index contributed by atoms with van der Waals surface area (Å²) in [7, 11) is -2.88. The zero-order valence-electron chi connectivity index (χ0n) is 20.1. The summed E-state index contributed by atoms with van der Waals surface area (Å²) in [6.07, 6.45) is 0. The van der Waals surface area contributed by atoms with E-state index in [1.807, 2.05) is 6.07 Å². The van der Waals surface area contributed by atoms with Crippen molar-refractivity contribution in [3.8, 4) is 11.8 Å². The Hall–Kier alpha value is -4.46. The maximum absolute atomic E-state index is 14.1. The van der Waals surface area contributed by atoms with Crippen molar-refractivity contribution in [3.63, 3.8) is 0 Å². The summed E-state index contributed by atoms with van der Waals surface area (Å²) in [5, 5.41) is 12.6. The van der Waals surface area contributed by atoms with E-state index in [0.717, 1.165) is 4.31 Å². The van der Waals surface area contributed by atoms with Gasteiger partial charge in [-0.15, -0.1) is 0 Å². The summed E-state index contributed by atoms with van der Waals surface area (Å²) in [4.78, 5) is 24.9. The number of carbonyl (C=O) groups excluding carboxylic acids is 2. The van der Waals surface area contributed by atoms with Crippen LogP contribution in [0.4, 0.5) is 5.69 Å². The van der Waals surface area contributed by atoms with Crippen molar-refractivity contribution in [2.75, 3.05) is 12.4 Å². The highest BCUT2D eigenvalue weighted by atomic mass is 32.2. The third-order valence-corrected chi connectivity index (χ3v) is 7.84. The van der Waals surface area contributed by atoms with Crippen LogP contribution in [-0.4, -0.2) is 37.6 Å². The lowest BCUT2D eigenvalue weighted by Gasteiger charge is -2.30. The van der Waals surface area contributed by atoms with Crippen LogP contribution in [0, 0.1) is 11.3 Å². The fourth-order valence-electron chi connectivity index (χ4n) is 4.27. The Labute approximate surface area is 214 Å². The number of nitrogens with zero attached hydrogens (tertiary/aromatic N) is 2. The molecule has 3 aromatic carbocycles. The van der Waals surface area contributed by atoms with Gasteiger partial charge < -0.3 is 15.8 Å². The van der Waals surface area contributed by atoms with Gasteiger partial charge in [0, 0.05) is 18.2 Å². The van der Waals surface area contributed by atoms with Crippen LogP contribution in [-0.2, 0) is 14.8 Å². The predicted octanol–water partition coefficient (Wildman–Crippen LogP) is 3.39. The number of nitriles is 1. The number of nitrogens with one attached hydrogen (secondary N) is 1. The summed E-state index contributed by atoms with van der Waals surface area (Å²) in [6, 6.07) is 19.7. The Morgan fingerprint density at radius 2 is 1.62 bits per heavy atom. The van der Waals surface area contributed by atoms with Crippen molar-refractivity contribution in [1.29, 1.82) is 5.26 Å². The molecule has 3 N–H and O–H groups in total. The molecule has 10 heteroatoms. The van der Waals surface area contributed by atoms with Gasteiger partial charge in [0.1, 0.15) is 11.8 Å². The van der Waals surface area contributed by atoms with Gasteiger partial charge in [-0.05, 0) is 42.0 Å². The zero-order valence-corrected chi connectivity index (χ0v) is 20.9. The van der Waals surface area contributed by atoms with Crippen molar-refractivity contribution >= 4 is 27.4 Å². The molecule has 1 aliphatic heterocycles. The average molecular weight is 517 g/mol. The molecule has 2 unspecified atom stereocenters. The molecule has 1 amide bonds. The molecular formula is C27H24N4O5S. The number of carbonyl (C=O) groups is 2. The lowest BCUT2D eigenvalue weighted by Crippen LogP contribution is -2.45. The molecule has 37 heavy (non-hydrogen) atoms. The molecule has 1 heterocycles. The number of amides is 1. The minimum atomic E-state index is -4.38. The molecule has 0 fully saturated rings. The molecular weight excluding hydrogens is 492 g/mol. The number of Topliss-reactive ketones (excluding diaryl/α,β-unsaturated/α-hetero) is 1. The molecule has 9 nitrogen and oxygen atoms in total. The van der Waals surface area contributed by atoms with E-state index in [1.165, 1.54) is 38.3 Å². The summed E-state index contributed by atoms with van der Waals surface area (Å²) >= 11 is 0. The molecule has 0 aliphatic carbocycles. The number of anilines is 1. The third-order valence-electron chi connectivity index (χ3n) is 6.00. The monoisotopic (exact) mass is 516 g/mol. The van der Waals surface area contributed by atoms with E-state index >= 15 is 0 Å². The number of ether oxygens (including phenoxy) is 1. The topological polar surface area (TPSA) is 143 Å². The second-order valence-corrected chi connectivity index (χ2v) is 10.2. The maximum Gasteiger partial charge on any atom is 0.245 e. The molecule has 188 valence electrons. The molecule has 3 aromatic rings. The fraction of sp³-hybridized carbons (Fsp3) is 0.148. The van der Waals surface area contributed by atoms with Crippen LogP contribution in [0.2, 0.25) is 0 Å². The maximum atomic E-state index is 14.1. The van der Waals surface area contributed by atoms with Crippen LogP contribution < -0.4 is 15.8 Å². The van der Waals surface area contributed by atoms with E-state index in [9.17, 15) is 23.3 Å². The molecule has 0 saturated heterocycles. The van der Waals surface area contributed by atoms with E-state index in [2.05, 4.69) is 5.32 Å². The Kier molecular flexibility index (Phi) is 7.11. The standard InChI is InChI=1S/C27H24N4O5S/c1-17(32)30-20-10-14-22(15-11-20)37(34,35)31-25(18-8-12-21(36-2)13-9-18)23(16-28)24(29)26(31)27(33)19-6-4-3-5-7-19/h3-15,25-26H,29H2,1-2H3,(H,30,32). The van der Waals surface area contributed by atoms with Crippen LogP contribution >= 0.6 is 0 Å². The second-order valence-electron chi connectivity index (χ2n) is 8.33. The lowest BCUT2D eigenvalue weighted by molar-refractivity contribution is -0.114. The molecule has 2 atom stereocenters. The molecule has 0 bridgehead atoms. The molecule has 1 aliphatic rings. The van der Waals surface area contributed by atoms with E-state index in [1.54, 1.807) is 54.6 Å². The Morgan fingerprint density at radius 3 is 2.16 bits per heavy atom. The summed E-state index contributed by atoms with van der Waals surface area (Å²) < 4.78 is 34.4. The van der Waals surface area contributed by atoms with E-state index in [4.69, 9.17) is 10.5 Å². The summed E-state index contributed by atoms with van der Waals surface area (Å²) in [5.74, 6) is -0.323. The molecule has 0 aromatic heterocycles. The zero-order chi connectivity index (χ0) is 26.7. The first-order valence-electron chi connectivity index (χ1n) is 11.2. The Bertz CT molecular complexity index is 1510. The van der Waals surface area contributed by atoms with Gasteiger partial charge in [0.25, 0.3) is 0 Å². The summed E-state index contributed by atoms with van der Waals surface area (Å²) in [5.41, 5.74) is 7.31. The van der Waals surface area contributed by atoms with Crippen molar-refractivity contribution in [1.82, 2.24) is 4.31 Å². The number of hydrogen-bond acceptors (Lipinski definition) is 7. The van der Waals surface area contributed by atoms with Crippen LogP contribution in [0.3, 0.4) is 0 Å². The van der Waals surface area contributed by atoms with Gasteiger partial charge in [-0.1, -0.05) is 42.5 Å². The average Bonchev–Trinajstić information content (AvgIpc) is 3.21. The minimum Gasteiger partial charge on any atom is -0.497 e. The van der Waals surface area contributed by atoms with Crippen molar-refractivity contribution in [2.24, 2.45) is 5.73 Å². The Balaban J connectivity index is 1.89. The number of nitrogens with two attached hydrogens (primary N) is 1. The molecule has 0 saturated carbocycles. The van der Waals surface area contributed by atoms with Crippen molar-refractivity contribution < 1.29 is 22.7 Å². The number of benzene rings is 3. The van der Waals surface area contributed by atoms with Gasteiger partial charge >= 0.3 is 0 Å². The third kappa shape index (κ3) is 4.82. The van der Waals surface area contributed by atoms with Gasteiger partial charge in [-0.2, -0.15) is 9.57 Å². The van der Waals surface area contributed by atoms with Crippen LogP contribution in [0.15, 0.2) is 95.0 Å². The summed E-state index contributed by atoms with van der Waals surface area (Å²) in [6.45, 7) is 1.34. The van der Waals surface area contributed by atoms with Crippen molar-refractivity contribution in [3.05, 3.63) is 101 Å². The van der Waals surface area contributed by atoms with Gasteiger partial charge in [0.2, 0.25) is 15.9 Å². The van der Waals surface area contributed by atoms with Gasteiger partial charge in [0.15, 0.2) is 5.78 Å². The van der Waals surface area contributed by atoms with Crippen LogP contribution in [0.5, 0.6) is 5.75 Å². The molecule has 0 spiro atoms. The van der Waals surface area contributed by atoms with E-state index < -0.39 is 27.9 Å². The number of sulfonamides is 1. The van der Waals surface area contributed by atoms with Crippen LogP contribution in [0.1, 0.15) is 28.9 Å². The smallest absolute Gasteiger partial charge is 0.245 e. The normalized spacial score (nSPS) is 17.8. The molecule has 4 rings (SSSR count). The second kappa shape index (κ2) is 10.3. The highest BCUT2D eigenvalue weighted by Gasteiger charge is 2.50. The first-order valence-corrected chi connectivity index (χ1v) is 12.7. The van der Waals surface area contributed by atoms with E-state index in [-0.39, 0.29) is 27.6 Å². The number of rotatable bonds is 7. The Morgan fingerprint density at radius 1 is 1.00 bits per heavy atom. The highest BCUT2D eigenvalue weighted by Crippen LogP contribution is 2.44. The highest BCUT2D eigenvalue weighted by molar-refractivity contribution is 7.89. The lowest BCUT2D eigenvalue weighted by atomic mass is 10.00. The van der Waals surface area contributed by atoms with Gasteiger partial charge in [-0.25, -0.2) is 8.42 Å². The number of methoxy groups -OCH3 is 1. The van der Waals surface area contributed by atoms with Crippen molar-refractivity contribution in [2.45, 2.75) is 23.9 Å². The first kappa shape index (κ1) is 25.6. The first-order chi connectivity index (χ1) is 17.7. The quantitative estimate of drug-likeness (QED) is 0.458. The SMILES string of the molecule is COc1ccc(C2C(C#N)=C(N)C(C(=O)c3ccccc3)N2S(=O)(=O)c2ccc(NC(C)=O)cc2)cc1. The minimum absolute atomic E-state index is 0.0297.